The smallest absolute Gasteiger partial charge is 0.334 e. The summed E-state index contributed by atoms with van der Waals surface area (Å²) in [5.74, 6) is 0.900. The Morgan fingerprint density at radius 3 is 2.44 bits per heavy atom. The van der Waals surface area contributed by atoms with Crippen LogP contribution in [0.5, 0.6) is 23.0 Å². The van der Waals surface area contributed by atoms with E-state index in [1.165, 1.54) is 19.2 Å². The van der Waals surface area contributed by atoms with Crippen LogP contribution in [0.15, 0.2) is 72.5 Å². The quantitative estimate of drug-likeness (QED) is 0.222. The van der Waals surface area contributed by atoms with Gasteiger partial charge in [0.2, 0.25) is 5.78 Å². The van der Waals surface area contributed by atoms with Gasteiger partial charge >= 0.3 is 5.97 Å². The number of esters is 1. The van der Waals surface area contributed by atoms with E-state index in [9.17, 15) is 9.59 Å². The number of hydrogen-bond acceptors (Lipinski definition) is 6. The van der Waals surface area contributed by atoms with Crippen LogP contribution < -0.4 is 18.9 Å². The molecule has 1 atom stereocenters. The van der Waals surface area contributed by atoms with E-state index in [2.05, 4.69) is 0 Å². The number of benzene rings is 3. The highest BCUT2D eigenvalue weighted by Gasteiger charge is 2.29. The highest BCUT2D eigenvalue weighted by molar-refractivity contribution is 6.30. The third-order valence-electron chi connectivity index (χ3n) is 4.88. The Morgan fingerprint density at radius 2 is 1.72 bits per heavy atom. The summed E-state index contributed by atoms with van der Waals surface area (Å²) >= 11 is 6.22. The summed E-state index contributed by atoms with van der Waals surface area (Å²) in [5, 5.41) is -0.956. The molecule has 0 aliphatic carbocycles. The van der Waals surface area contributed by atoms with Crippen molar-refractivity contribution in [2.45, 2.75) is 5.38 Å². The van der Waals surface area contributed by atoms with Crippen molar-refractivity contribution in [2.75, 3.05) is 14.2 Å². The molecule has 0 fully saturated rings. The van der Waals surface area contributed by atoms with Gasteiger partial charge in [-0.3, -0.25) is 4.79 Å². The summed E-state index contributed by atoms with van der Waals surface area (Å²) < 4.78 is 21.7. The maximum Gasteiger partial charge on any atom is 0.334 e. The summed E-state index contributed by atoms with van der Waals surface area (Å²) in [6, 6.07) is 18.7. The van der Waals surface area contributed by atoms with Crippen molar-refractivity contribution in [2.24, 2.45) is 0 Å². The van der Waals surface area contributed by atoms with E-state index in [0.717, 1.165) is 0 Å². The minimum absolute atomic E-state index is 0.120. The fourth-order valence-corrected chi connectivity index (χ4v) is 3.44. The Hall–Kier alpha value is -3.77. The van der Waals surface area contributed by atoms with Gasteiger partial charge in [0.1, 0.15) is 23.0 Å². The predicted molar refractivity (Wildman–Crippen MR) is 120 cm³/mol. The summed E-state index contributed by atoms with van der Waals surface area (Å²) in [6.07, 6.45) is 1.58. The Bertz CT molecular complexity index is 1200. The van der Waals surface area contributed by atoms with Gasteiger partial charge in [0.05, 0.1) is 19.8 Å². The standard InChI is InChI=1S/C25H19ClO6/c1-29-17-9-11-20(30-2)16(12-17)13-22-24(27)19-10-8-18(14-21(19)32-22)31-25(28)23(26)15-6-4-3-5-7-15/h3-14,23H,1-2H3/b22-13-. The van der Waals surface area contributed by atoms with Gasteiger partial charge in [0, 0.05) is 11.6 Å². The molecule has 1 heterocycles. The van der Waals surface area contributed by atoms with E-state index < -0.39 is 11.3 Å². The van der Waals surface area contributed by atoms with E-state index in [0.29, 0.717) is 33.9 Å². The molecule has 3 aromatic rings. The van der Waals surface area contributed by atoms with Crippen molar-refractivity contribution in [3.63, 3.8) is 0 Å². The molecule has 3 aromatic carbocycles. The Kier molecular flexibility index (Phi) is 6.14. The molecule has 0 N–H and O–H groups in total. The zero-order valence-electron chi connectivity index (χ0n) is 17.3. The Balaban J connectivity index is 1.55. The number of allylic oxidation sites excluding steroid dienone is 1. The SMILES string of the molecule is COc1ccc(OC)c(/C=C2\Oc3cc(OC(=O)C(Cl)c4ccccc4)ccc3C2=O)c1. The molecule has 0 radical (unpaired) electrons. The molecule has 1 unspecified atom stereocenters. The van der Waals surface area contributed by atoms with Crippen LogP contribution in [-0.2, 0) is 4.79 Å². The number of carbonyl (C=O) groups excluding carboxylic acids is 2. The first-order valence-corrected chi connectivity index (χ1v) is 10.1. The fraction of sp³-hybridized carbons (Fsp3) is 0.120. The van der Waals surface area contributed by atoms with E-state index in [1.54, 1.807) is 61.7 Å². The van der Waals surface area contributed by atoms with Crippen LogP contribution in [0.3, 0.4) is 0 Å². The second-order valence-electron chi connectivity index (χ2n) is 6.90. The van der Waals surface area contributed by atoms with Gasteiger partial charge < -0.3 is 18.9 Å². The minimum atomic E-state index is -0.956. The summed E-state index contributed by atoms with van der Waals surface area (Å²) in [4.78, 5) is 25.2. The lowest BCUT2D eigenvalue weighted by Gasteiger charge is -2.10. The van der Waals surface area contributed by atoms with Crippen molar-refractivity contribution in [3.05, 3.63) is 89.2 Å². The van der Waals surface area contributed by atoms with Crippen LogP contribution in [0.4, 0.5) is 0 Å². The normalized spacial score (nSPS) is 14.5. The second-order valence-corrected chi connectivity index (χ2v) is 7.34. The van der Waals surface area contributed by atoms with Crippen molar-refractivity contribution in [1.29, 1.82) is 0 Å². The van der Waals surface area contributed by atoms with Crippen molar-refractivity contribution >= 4 is 29.4 Å². The molecule has 0 saturated heterocycles. The van der Waals surface area contributed by atoms with E-state index >= 15 is 0 Å². The zero-order chi connectivity index (χ0) is 22.7. The summed E-state index contributed by atoms with van der Waals surface area (Å²) in [5.41, 5.74) is 1.62. The van der Waals surface area contributed by atoms with E-state index in [4.69, 9.17) is 30.5 Å². The van der Waals surface area contributed by atoms with Gasteiger partial charge in [-0.1, -0.05) is 30.3 Å². The number of hydrogen-bond donors (Lipinski definition) is 0. The Morgan fingerprint density at radius 1 is 0.969 bits per heavy atom. The predicted octanol–water partition coefficient (Wildman–Crippen LogP) is 5.21. The van der Waals surface area contributed by atoms with Crippen LogP contribution in [0.1, 0.15) is 26.9 Å². The van der Waals surface area contributed by atoms with Crippen LogP contribution >= 0.6 is 11.6 Å². The molecule has 1 aliphatic heterocycles. The van der Waals surface area contributed by atoms with Crippen molar-refractivity contribution < 1.29 is 28.5 Å². The maximum absolute atomic E-state index is 12.8. The minimum Gasteiger partial charge on any atom is -0.497 e. The number of carbonyl (C=O) groups is 2. The average molecular weight is 451 g/mol. The number of alkyl halides is 1. The van der Waals surface area contributed by atoms with Gasteiger partial charge in [-0.05, 0) is 42.0 Å². The third-order valence-corrected chi connectivity index (χ3v) is 5.31. The average Bonchev–Trinajstić information content (AvgIpc) is 3.13. The number of ether oxygens (including phenoxy) is 4. The highest BCUT2D eigenvalue weighted by atomic mass is 35.5. The second kappa shape index (κ2) is 9.16. The zero-order valence-corrected chi connectivity index (χ0v) is 18.1. The monoisotopic (exact) mass is 450 g/mol. The molecule has 162 valence electrons. The van der Waals surface area contributed by atoms with Gasteiger partial charge in [0.15, 0.2) is 11.1 Å². The Labute approximate surface area is 189 Å². The van der Waals surface area contributed by atoms with Gasteiger partial charge in [-0.2, -0.15) is 0 Å². The molecular weight excluding hydrogens is 432 g/mol. The summed E-state index contributed by atoms with van der Waals surface area (Å²) in [7, 11) is 3.09. The van der Waals surface area contributed by atoms with Gasteiger partial charge in [-0.15, -0.1) is 11.6 Å². The van der Waals surface area contributed by atoms with Crippen molar-refractivity contribution in [3.8, 4) is 23.0 Å². The van der Waals surface area contributed by atoms with Gasteiger partial charge in [0.25, 0.3) is 0 Å². The largest absolute Gasteiger partial charge is 0.497 e. The third kappa shape index (κ3) is 4.31. The highest BCUT2D eigenvalue weighted by Crippen LogP contribution is 2.37. The molecule has 7 heteroatoms. The molecular formula is C25H19ClO6. The van der Waals surface area contributed by atoms with Crippen LogP contribution in [0.25, 0.3) is 6.08 Å². The maximum atomic E-state index is 12.8. The van der Waals surface area contributed by atoms with E-state index in [1.807, 2.05) is 6.07 Å². The molecule has 6 nitrogen and oxygen atoms in total. The van der Waals surface area contributed by atoms with Gasteiger partial charge in [-0.25, -0.2) is 4.79 Å². The number of rotatable bonds is 6. The number of ketones is 1. The van der Waals surface area contributed by atoms with Crippen molar-refractivity contribution in [1.82, 2.24) is 0 Å². The number of halogens is 1. The lowest BCUT2D eigenvalue weighted by atomic mass is 10.1. The molecule has 4 rings (SSSR count). The first kappa shape index (κ1) is 21.5. The lowest BCUT2D eigenvalue weighted by Crippen LogP contribution is -2.14. The number of methoxy groups -OCH3 is 2. The first-order valence-electron chi connectivity index (χ1n) is 9.71. The van der Waals surface area contributed by atoms with Crippen LogP contribution in [-0.4, -0.2) is 26.0 Å². The lowest BCUT2D eigenvalue weighted by molar-refractivity contribution is -0.134. The molecule has 0 saturated carbocycles. The first-order chi connectivity index (χ1) is 15.5. The molecule has 0 spiro atoms. The fourth-order valence-electron chi connectivity index (χ4n) is 3.25. The molecule has 0 aromatic heterocycles. The number of fused-ring (bicyclic) bond motifs is 1. The topological polar surface area (TPSA) is 71.1 Å². The summed E-state index contributed by atoms with van der Waals surface area (Å²) in [6.45, 7) is 0. The molecule has 0 amide bonds. The molecule has 32 heavy (non-hydrogen) atoms. The molecule has 1 aliphatic rings. The van der Waals surface area contributed by atoms with Crippen LogP contribution in [0.2, 0.25) is 0 Å². The number of Topliss-reactive ketones (excluding diaryl/α,β-unsaturated/α-hetero) is 1. The molecule has 0 bridgehead atoms. The van der Waals surface area contributed by atoms with E-state index in [-0.39, 0.29) is 17.3 Å². The van der Waals surface area contributed by atoms with Crippen LogP contribution in [0, 0.1) is 0 Å².